The first kappa shape index (κ1) is 15.5. The summed E-state index contributed by atoms with van der Waals surface area (Å²) in [6.07, 6.45) is 0.462. The minimum Gasteiger partial charge on any atom is -0.348 e. The van der Waals surface area contributed by atoms with Gasteiger partial charge in [-0.05, 0) is 31.0 Å². The van der Waals surface area contributed by atoms with Gasteiger partial charge in [-0.15, -0.1) is 0 Å². The summed E-state index contributed by atoms with van der Waals surface area (Å²) in [6, 6.07) is 5.03. The fraction of sp³-hybridized carbons (Fsp3) is 0.400. The number of carbonyl (C=O) groups is 1. The van der Waals surface area contributed by atoms with Gasteiger partial charge in [0.1, 0.15) is 0 Å². The molecule has 3 N–H and O–H groups in total. The first-order valence-electron chi connectivity index (χ1n) is 6.72. The number of nitrogens with one attached hydrogen (secondary N) is 1. The molecule has 1 aliphatic heterocycles. The van der Waals surface area contributed by atoms with Gasteiger partial charge >= 0.3 is 0 Å². The molecule has 1 heterocycles. The van der Waals surface area contributed by atoms with E-state index in [4.69, 9.17) is 5.73 Å². The Labute approximate surface area is 124 Å². The first-order valence-corrected chi connectivity index (χ1v) is 8.54. The minimum atomic E-state index is -3.01. The molecule has 112 valence electrons. The normalized spacial score (nSPS) is 19.6. The SMILES string of the molecule is Cc1ccc(C(=O)NC2CCS(=O)(=O)C2)c(C#CCN)c1. The van der Waals surface area contributed by atoms with Crippen molar-refractivity contribution in [2.45, 2.75) is 19.4 Å². The van der Waals surface area contributed by atoms with Crippen molar-refractivity contribution in [2.75, 3.05) is 18.1 Å². The molecule has 1 amide bonds. The maximum Gasteiger partial charge on any atom is 0.252 e. The third kappa shape index (κ3) is 4.06. The summed E-state index contributed by atoms with van der Waals surface area (Å²) < 4.78 is 22.8. The Morgan fingerprint density at radius 2 is 2.24 bits per heavy atom. The lowest BCUT2D eigenvalue weighted by Gasteiger charge is -2.12. The van der Waals surface area contributed by atoms with E-state index in [0.29, 0.717) is 17.5 Å². The second-order valence-corrected chi connectivity index (χ2v) is 7.36. The van der Waals surface area contributed by atoms with E-state index in [1.807, 2.05) is 19.1 Å². The highest BCUT2D eigenvalue weighted by Crippen LogP contribution is 2.14. The first-order chi connectivity index (χ1) is 9.91. The molecule has 5 nitrogen and oxygen atoms in total. The molecular weight excluding hydrogens is 288 g/mol. The molecule has 0 radical (unpaired) electrons. The lowest BCUT2D eigenvalue weighted by atomic mass is 10.0. The van der Waals surface area contributed by atoms with E-state index in [-0.39, 0.29) is 30.0 Å². The van der Waals surface area contributed by atoms with E-state index in [2.05, 4.69) is 17.2 Å². The molecule has 1 aliphatic rings. The zero-order chi connectivity index (χ0) is 15.5. The average molecular weight is 306 g/mol. The summed E-state index contributed by atoms with van der Waals surface area (Å²) in [5.41, 5.74) is 7.42. The predicted molar refractivity (Wildman–Crippen MR) is 81.6 cm³/mol. The number of sulfone groups is 1. The molecule has 1 atom stereocenters. The molecular formula is C15H18N2O3S. The van der Waals surface area contributed by atoms with Crippen LogP contribution in [-0.2, 0) is 9.84 Å². The molecule has 6 heteroatoms. The van der Waals surface area contributed by atoms with Crippen LogP contribution in [0.3, 0.4) is 0 Å². The topological polar surface area (TPSA) is 89.3 Å². The highest BCUT2D eigenvalue weighted by molar-refractivity contribution is 7.91. The van der Waals surface area contributed by atoms with Crippen LogP contribution in [0.2, 0.25) is 0 Å². The van der Waals surface area contributed by atoms with E-state index >= 15 is 0 Å². The molecule has 1 unspecified atom stereocenters. The van der Waals surface area contributed by atoms with Crippen molar-refractivity contribution in [2.24, 2.45) is 5.73 Å². The lowest BCUT2D eigenvalue weighted by molar-refractivity contribution is 0.0941. The number of hydrogen-bond donors (Lipinski definition) is 2. The van der Waals surface area contributed by atoms with Gasteiger partial charge < -0.3 is 11.1 Å². The van der Waals surface area contributed by atoms with Crippen molar-refractivity contribution in [1.29, 1.82) is 0 Å². The van der Waals surface area contributed by atoms with Crippen molar-refractivity contribution in [1.82, 2.24) is 5.32 Å². The smallest absolute Gasteiger partial charge is 0.252 e. The van der Waals surface area contributed by atoms with Gasteiger partial charge in [0.25, 0.3) is 5.91 Å². The number of rotatable bonds is 2. The van der Waals surface area contributed by atoms with Crippen molar-refractivity contribution in [3.63, 3.8) is 0 Å². The summed E-state index contributed by atoms with van der Waals surface area (Å²) >= 11 is 0. The molecule has 0 spiro atoms. The van der Waals surface area contributed by atoms with E-state index in [1.165, 1.54) is 0 Å². The third-order valence-electron chi connectivity index (χ3n) is 3.31. The molecule has 0 bridgehead atoms. The molecule has 0 aliphatic carbocycles. The molecule has 2 rings (SSSR count). The minimum absolute atomic E-state index is 0.00835. The maximum atomic E-state index is 12.3. The maximum absolute atomic E-state index is 12.3. The second kappa shape index (κ2) is 6.29. The predicted octanol–water partition coefficient (Wildman–Crippen LogP) is 0.222. The van der Waals surface area contributed by atoms with Crippen LogP contribution >= 0.6 is 0 Å². The Hall–Kier alpha value is -1.84. The standard InChI is InChI=1S/C15H18N2O3S/c1-11-4-5-14(12(9-11)3-2-7-16)15(18)17-13-6-8-21(19,20)10-13/h4-5,9,13H,6-8,10,16H2,1H3,(H,17,18). The van der Waals surface area contributed by atoms with Crippen LogP contribution in [-0.4, -0.2) is 38.4 Å². The van der Waals surface area contributed by atoms with Crippen LogP contribution in [0.1, 0.15) is 27.9 Å². The number of nitrogens with two attached hydrogens (primary N) is 1. The van der Waals surface area contributed by atoms with E-state index in [0.717, 1.165) is 5.56 Å². The Morgan fingerprint density at radius 3 is 2.86 bits per heavy atom. The number of carbonyl (C=O) groups excluding carboxylic acids is 1. The van der Waals surface area contributed by atoms with Gasteiger partial charge in [0, 0.05) is 11.6 Å². The molecule has 0 aromatic heterocycles. The van der Waals surface area contributed by atoms with Gasteiger partial charge in [0.2, 0.25) is 0 Å². The second-order valence-electron chi connectivity index (χ2n) is 5.13. The van der Waals surface area contributed by atoms with Crippen LogP contribution in [0, 0.1) is 18.8 Å². The van der Waals surface area contributed by atoms with Crippen LogP contribution < -0.4 is 11.1 Å². The number of hydrogen-bond acceptors (Lipinski definition) is 4. The van der Waals surface area contributed by atoms with Crippen molar-refractivity contribution >= 4 is 15.7 Å². The largest absolute Gasteiger partial charge is 0.348 e. The fourth-order valence-corrected chi connectivity index (χ4v) is 3.95. The van der Waals surface area contributed by atoms with Gasteiger partial charge in [0.15, 0.2) is 9.84 Å². The summed E-state index contributed by atoms with van der Waals surface area (Å²) in [5.74, 6) is 5.46. The number of aryl methyl sites for hydroxylation is 1. The molecule has 1 aromatic carbocycles. The summed E-state index contributed by atoms with van der Waals surface area (Å²) in [5, 5.41) is 2.77. The Morgan fingerprint density at radius 1 is 1.48 bits per heavy atom. The monoisotopic (exact) mass is 306 g/mol. The van der Waals surface area contributed by atoms with Crippen molar-refractivity contribution in [3.05, 3.63) is 34.9 Å². The van der Waals surface area contributed by atoms with E-state index in [9.17, 15) is 13.2 Å². The molecule has 1 fully saturated rings. The zero-order valence-corrected chi connectivity index (χ0v) is 12.7. The van der Waals surface area contributed by atoms with Crippen LogP contribution in [0.4, 0.5) is 0 Å². The van der Waals surface area contributed by atoms with Crippen LogP contribution in [0.25, 0.3) is 0 Å². The summed E-state index contributed by atoms with van der Waals surface area (Å²) in [7, 11) is -3.01. The Kier molecular flexibility index (Phi) is 4.66. The van der Waals surface area contributed by atoms with Crippen molar-refractivity contribution < 1.29 is 13.2 Å². The molecule has 21 heavy (non-hydrogen) atoms. The lowest BCUT2D eigenvalue weighted by Crippen LogP contribution is -2.36. The quantitative estimate of drug-likeness (QED) is 0.765. The van der Waals surface area contributed by atoms with Crippen molar-refractivity contribution in [3.8, 4) is 11.8 Å². The Bertz CT molecular complexity index is 714. The van der Waals surface area contributed by atoms with Crippen LogP contribution in [0.15, 0.2) is 18.2 Å². The van der Waals surface area contributed by atoms with Gasteiger partial charge in [-0.25, -0.2) is 8.42 Å². The average Bonchev–Trinajstić information content (AvgIpc) is 2.75. The van der Waals surface area contributed by atoms with Crippen LogP contribution in [0.5, 0.6) is 0 Å². The fourth-order valence-electron chi connectivity index (χ4n) is 2.28. The highest BCUT2D eigenvalue weighted by atomic mass is 32.2. The Balaban J connectivity index is 2.19. The number of benzene rings is 1. The van der Waals surface area contributed by atoms with E-state index < -0.39 is 9.84 Å². The molecule has 0 saturated carbocycles. The summed E-state index contributed by atoms with van der Waals surface area (Å²) in [6.45, 7) is 2.13. The summed E-state index contributed by atoms with van der Waals surface area (Å²) in [4.78, 5) is 12.3. The third-order valence-corrected chi connectivity index (χ3v) is 5.08. The number of amides is 1. The molecule has 1 aromatic rings. The zero-order valence-electron chi connectivity index (χ0n) is 11.8. The van der Waals surface area contributed by atoms with Gasteiger partial charge in [-0.3, -0.25) is 4.79 Å². The van der Waals surface area contributed by atoms with Gasteiger partial charge in [-0.1, -0.05) is 17.9 Å². The highest BCUT2D eigenvalue weighted by Gasteiger charge is 2.29. The van der Waals surface area contributed by atoms with E-state index in [1.54, 1.807) is 6.07 Å². The van der Waals surface area contributed by atoms with Gasteiger partial charge in [0.05, 0.1) is 23.6 Å². The molecule has 1 saturated heterocycles. The van der Waals surface area contributed by atoms with Gasteiger partial charge in [-0.2, -0.15) is 0 Å².